The summed E-state index contributed by atoms with van der Waals surface area (Å²) in [6.07, 6.45) is 0. The van der Waals surface area contributed by atoms with Crippen LogP contribution >= 0.6 is 28.7 Å². The van der Waals surface area contributed by atoms with E-state index in [1.807, 2.05) is 12.1 Å². The van der Waals surface area contributed by atoms with Crippen molar-refractivity contribution in [2.24, 2.45) is 0 Å². The second-order valence-electron chi connectivity index (χ2n) is 1.77. The van der Waals surface area contributed by atoms with E-state index in [1.54, 1.807) is 12.1 Å². The van der Waals surface area contributed by atoms with Crippen molar-refractivity contribution >= 4 is 34.4 Å². The van der Waals surface area contributed by atoms with E-state index in [9.17, 15) is 0 Å². The van der Waals surface area contributed by atoms with Crippen molar-refractivity contribution in [1.29, 1.82) is 0 Å². The third-order valence-electron chi connectivity index (χ3n) is 1.06. The van der Waals surface area contributed by atoms with Gasteiger partial charge in [-0.15, -0.1) is 0 Å². The molecule has 0 saturated carbocycles. The molecule has 0 amide bonds. The molecule has 0 radical (unpaired) electrons. The van der Waals surface area contributed by atoms with Crippen LogP contribution in [0.3, 0.4) is 0 Å². The summed E-state index contributed by atoms with van der Waals surface area (Å²) in [5.41, 5.74) is 0.645. The molecular formula is C6H6BrNOS. The molecule has 0 aliphatic heterocycles. The Morgan fingerprint density at radius 3 is 2.20 bits per heavy atom. The maximum absolute atomic E-state index is 8.80. The molecule has 0 saturated heterocycles. The first-order valence-corrected chi connectivity index (χ1v) is 3.83. The topological polar surface area (TPSA) is 23.5 Å². The fraction of sp³-hybridized carbons (Fsp3) is 0. The average Bonchev–Trinajstić information content (AvgIpc) is 1.88. The lowest BCUT2D eigenvalue weighted by Gasteiger charge is -2.06. The second-order valence-corrected chi connectivity index (χ2v) is 3.06. The lowest BCUT2D eigenvalue weighted by Crippen LogP contribution is -2.00. The van der Waals surface area contributed by atoms with E-state index in [-0.39, 0.29) is 0 Å². The van der Waals surface area contributed by atoms with Gasteiger partial charge in [-0.1, -0.05) is 15.9 Å². The summed E-state index contributed by atoms with van der Waals surface area (Å²) in [6, 6.07) is 7.15. The Morgan fingerprint density at radius 1 is 1.30 bits per heavy atom. The van der Waals surface area contributed by atoms with Crippen molar-refractivity contribution in [3.05, 3.63) is 28.7 Å². The highest BCUT2D eigenvalue weighted by Crippen LogP contribution is 2.17. The van der Waals surface area contributed by atoms with Gasteiger partial charge in [0.25, 0.3) is 0 Å². The van der Waals surface area contributed by atoms with E-state index < -0.39 is 0 Å². The Hall–Kier alpha value is -0.190. The first kappa shape index (κ1) is 7.91. The highest BCUT2D eigenvalue weighted by molar-refractivity contribution is 9.10. The molecule has 0 atom stereocenters. The highest BCUT2D eigenvalue weighted by Gasteiger charge is 1.94. The number of rotatable bonds is 1. The van der Waals surface area contributed by atoms with Gasteiger partial charge in [-0.05, 0) is 37.1 Å². The largest absolute Gasteiger partial charge is 0.278 e. The molecule has 54 valence electrons. The molecule has 2 nitrogen and oxygen atoms in total. The molecule has 1 N–H and O–H groups in total. The number of hydrogen-bond donors (Lipinski definition) is 2. The lowest BCUT2D eigenvalue weighted by molar-refractivity contribution is 0.334. The molecule has 1 rings (SSSR count). The Bertz CT molecular complexity index is 211. The summed E-state index contributed by atoms with van der Waals surface area (Å²) in [5.74, 6) is 0. The molecule has 1 aromatic carbocycles. The summed E-state index contributed by atoms with van der Waals surface area (Å²) < 4.78 is 1.75. The van der Waals surface area contributed by atoms with Crippen LogP contribution in [0.15, 0.2) is 28.7 Å². The molecular weight excluding hydrogens is 214 g/mol. The van der Waals surface area contributed by atoms with Gasteiger partial charge in [0.05, 0.1) is 5.69 Å². The molecule has 0 heterocycles. The van der Waals surface area contributed by atoms with Gasteiger partial charge in [0.1, 0.15) is 0 Å². The first-order chi connectivity index (χ1) is 4.70. The van der Waals surface area contributed by atoms with Gasteiger partial charge < -0.3 is 0 Å². The molecule has 0 fully saturated rings. The van der Waals surface area contributed by atoms with Crippen LogP contribution in [0.2, 0.25) is 0 Å². The summed E-state index contributed by atoms with van der Waals surface area (Å²) in [7, 11) is 0. The van der Waals surface area contributed by atoms with E-state index in [2.05, 4.69) is 28.7 Å². The standard InChI is InChI=1S/C6H6BrNOS/c7-5-1-3-6(4-2-5)8(9)10/h1-4,9-10H. The monoisotopic (exact) mass is 219 g/mol. The third-order valence-corrected chi connectivity index (χ3v) is 1.82. The van der Waals surface area contributed by atoms with Crippen molar-refractivity contribution < 1.29 is 5.21 Å². The van der Waals surface area contributed by atoms with Gasteiger partial charge in [0, 0.05) is 4.47 Å². The molecule has 0 unspecified atom stereocenters. The van der Waals surface area contributed by atoms with E-state index in [0.29, 0.717) is 5.69 Å². The van der Waals surface area contributed by atoms with Crippen molar-refractivity contribution in [1.82, 2.24) is 0 Å². The van der Waals surface area contributed by atoms with Crippen molar-refractivity contribution in [3.8, 4) is 0 Å². The molecule has 4 heteroatoms. The van der Waals surface area contributed by atoms with Crippen LogP contribution in [0.4, 0.5) is 5.69 Å². The van der Waals surface area contributed by atoms with Crippen LogP contribution in [-0.2, 0) is 0 Å². The number of hydrogen-bond acceptors (Lipinski definition) is 3. The molecule has 1 aromatic rings. The Morgan fingerprint density at radius 2 is 1.80 bits per heavy atom. The molecule has 0 spiro atoms. The maximum Gasteiger partial charge on any atom is 0.0761 e. The zero-order valence-corrected chi connectivity index (χ0v) is 7.51. The fourth-order valence-corrected chi connectivity index (χ4v) is 0.972. The molecule has 0 aliphatic rings. The van der Waals surface area contributed by atoms with Crippen molar-refractivity contribution in [3.63, 3.8) is 0 Å². The minimum Gasteiger partial charge on any atom is -0.278 e. The number of nitrogens with zero attached hydrogens (tertiary/aromatic N) is 1. The number of halogens is 1. The summed E-state index contributed by atoms with van der Waals surface area (Å²) in [6.45, 7) is 0. The van der Waals surface area contributed by atoms with Crippen molar-refractivity contribution in [2.45, 2.75) is 0 Å². The zero-order chi connectivity index (χ0) is 7.56. The molecule has 0 aliphatic carbocycles. The summed E-state index contributed by atoms with van der Waals surface area (Å²) >= 11 is 6.96. The molecule has 0 aromatic heterocycles. The average molecular weight is 220 g/mol. The van der Waals surface area contributed by atoms with E-state index in [0.717, 1.165) is 8.94 Å². The third kappa shape index (κ3) is 1.90. The minimum atomic E-state index is 0.645. The van der Waals surface area contributed by atoms with E-state index >= 15 is 0 Å². The molecule has 0 bridgehead atoms. The summed E-state index contributed by atoms with van der Waals surface area (Å²) in [5, 5.41) is 8.80. The molecule has 10 heavy (non-hydrogen) atoms. The van der Waals surface area contributed by atoms with Gasteiger partial charge in [0.2, 0.25) is 0 Å². The van der Waals surface area contributed by atoms with Crippen molar-refractivity contribution in [2.75, 3.05) is 4.47 Å². The first-order valence-electron chi connectivity index (χ1n) is 2.63. The van der Waals surface area contributed by atoms with E-state index in [4.69, 9.17) is 5.21 Å². The Balaban J connectivity index is 2.89. The summed E-state index contributed by atoms with van der Waals surface area (Å²) in [4.78, 5) is 0. The predicted octanol–water partition coefficient (Wildman–Crippen LogP) is 2.49. The lowest BCUT2D eigenvalue weighted by atomic mass is 10.3. The normalized spacial score (nSPS) is 9.50. The van der Waals surface area contributed by atoms with Gasteiger partial charge in [-0.25, -0.2) is 4.47 Å². The maximum atomic E-state index is 8.80. The van der Waals surface area contributed by atoms with Gasteiger partial charge in [0.15, 0.2) is 0 Å². The van der Waals surface area contributed by atoms with E-state index in [1.165, 1.54) is 0 Å². The van der Waals surface area contributed by atoms with Gasteiger partial charge in [-0.2, -0.15) is 0 Å². The Kier molecular flexibility index (Phi) is 2.59. The Labute approximate surface area is 73.1 Å². The number of benzene rings is 1. The van der Waals surface area contributed by atoms with Crippen LogP contribution in [-0.4, -0.2) is 5.21 Å². The predicted molar refractivity (Wildman–Crippen MR) is 47.4 cm³/mol. The second kappa shape index (κ2) is 3.27. The van der Waals surface area contributed by atoms with Crippen LogP contribution in [0.5, 0.6) is 0 Å². The fourth-order valence-electron chi connectivity index (χ4n) is 0.574. The van der Waals surface area contributed by atoms with Crippen LogP contribution < -0.4 is 4.47 Å². The smallest absolute Gasteiger partial charge is 0.0761 e. The highest BCUT2D eigenvalue weighted by atomic mass is 79.9. The minimum absolute atomic E-state index is 0.645. The van der Waals surface area contributed by atoms with Gasteiger partial charge in [-0.3, -0.25) is 5.21 Å². The SMILES string of the molecule is ON(S)c1ccc(Br)cc1. The quantitative estimate of drug-likeness (QED) is 0.561. The van der Waals surface area contributed by atoms with Crippen LogP contribution in [0.25, 0.3) is 0 Å². The number of anilines is 1. The van der Waals surface area contributed by atoms with Crippen LogP contribution in [0, 0.1) is 0 Å². The van der Waals surface area contributed by atoms with Crippen LogP contribution in [0.1, 0.15) is 0 Å². The van der Waals surface area contributed by atoms with Gasteiger partial charge >= 0.3 is 0 Å². The zero-order valence-electron chi connectivity index (χ0n) is 5.03. The number of thiol groups is 1.